The first-order valence-corrected chi connectivity index (χ1v) is 9.49. The number of nitrogens with zero attached hydrogens (tertiary/aromatic N) is 1. The van der Waals surface area contributed by atoms with E-state index >= 15 is 0 Å². The van der Waals surface area contributed by atoms with E-state index in [4.69, 9.17) is 9.47 Å². The molecule has 2 aliphatic rings. The Kier molecular flexibility index (Phi) is 5.06. The molecule has 3 rings (SSSR count). The Morgan fingerprint density at radius 2 is 1.92 bits per heavy atom. The van der Waals surface area contributed by atoms with Crippen LogP contribution in [0.15, 0.2) is 30.3 Å². The summed E-state index contributed by atoms with van der Waals surface area (Å²) in [5.74, 6) is 0. The lowest BCUT2D eigenvalue weighted by Gasteiger charge is -2.54. The maximum Gasteiger partial charge on any atom is 0.408 e. The zero-order valence-corrected chi connectivity index (χ0v) is 16.7. The van der Waals surface area contributed by atoms with E-state index < -0.39 is 5.60 Å². The molecule has 0 unspecified atom stereocenters. The highest BCUT2D eigenvalue weighted by atomic mass is 16.6. The van der Waals surface area contributed by atoms with Crippen molar-refractivity contribution < 1.29 is 14.3 Å². The Morgan fingerprint density at radius 1 is 1.23 bits per heavy atom. The summed E-state index contributed by atoms with van der Waals surface area (Å²) in [6.07, 6.45) is 1.70. The zero-order valence-electron chi connectivity index (χ0n) is 16.7. The third-order valence-electron chi connectivity index (χ3n) is 6.01. The molecule has 1 saturated carbocycles. The number of nitrogens with one attached hydrogen (secondary N) is 1. The number of carbonyl (C=O) groups excluding carboxylic acids is 1. The quantitative estimate of drug-likeness (QED) is 0.869. The number of amides is 1. The number of ether oxygens (including phenoxy) is 2. The van der Waals surface area contributed by atoms with Crippen molar-refractivity contribution in [2.45, 2.75) is 57.7 Å². The van der Waals surface area contributed by atoms with E-state index in [2.05, 4.69) is 41.4 Å². The monoisotopic (exact) mass is 360 g/mol. The fourth-order valence-corrected chi connectivity index (χ4v) is 4.53. The SMILES string of the molecule is COC[C@]12CC[C@@]1(NC(=O)OC(C)(C)C)CN([C@H](C)c1ccccc1)C2. The smallest absolute Gasteiger partial charge is 0.408 e. The fraction of sp³-hybridized carbons (Fsp3) is 0.667. The Balaban J connectivity index is 1.79. The van der Waals surface area contributed by atoms with Crippen molar-refractivity contribution in [3.63, 3.8) is 0 Å². The minimum Gasteiger partial charge on any atom is -0.444 e. The van der Waals surface area contributed by atoms with Crippen LogP contribution in [0.1, 0.15) is 52.1 Å². The molecule has 26 heavy (non-hydrogen) atoms. The molecule has 2 fully saturated rings. The lowest BCUT2D eigenvalue weighted by atomic mass is 9.56. The Labute approximate surface area is 157 Å². The molecule has 0 radical (unpaired) electrons. The number of carbonyl (C=O) groups is 1. The first kappa shape index (κ1) is 19.2. The van der Waals surface area contributed by atoms with E-state index in [0.29, 0.717) is 12.6 Å². The number of hydrogen-bond donors (Lipinski definition) is 1. The summed E-state index contributed by atoms with van der Waals surface area (Å²) in [5, 5.41) is 3.23. The molecule has 5 heteroatoms. The van der Waals surface area contributed by atoms with Gasteiger partial charge in [0, 0.05) is 31.7 Å². The number of rotatable bonds is 5. The van der Waals surface area contributed by atoms with Gasteiger partial charge in [0.1, 0.15) is 5.60 Å². The van der Waals surface area contributed by atoms with Gasteiger partial charge in [0.15, 0.2) is 0 Å². The highest BCUT2D eigenvalue weighted by Crippen LogP contribution is 2.56. The fourth-order valence-electron chi connectivity index (χ4n) is 4.53. The Morgan fingerprint density at radius 3 is 2.46 bits per heavy atom. The zero-order chi connectivity index (χ0) is 19.0. The van der Waals surface area contributed by atoms with Gasteiger partial charge in [0.05, 0.1) is 12.1 Å². The van der Waals surface area contributed by atoms with Crippen LogP contribution in [0.3, 0.4) is 0 Å². The summed E-state index contributed by atoms with van der Waals surface area (Å²) < 4.78 is 11.1. The van der Waals surface area contributed by atoms with Crippen molar-refractivity contribution in [1.29, 1.82) is 0 Å². The number of alkyl carbamates (subject to hydrolysis) is 1. The van der Waals surface area contributed by atoms with Crippen LogP contribution in [0, 0.1) is 5.41 Å². The molecule has 1 aliphatic heterocycles. The van der Waals surface area contributed by atoms with Crippen LogP contribution in [-0.4, -0.2) is 48.9 Å². The minimum absolute atomic E-state index is 0.0400. The predicted octanol–water partition coefficient (Wildman–Crippen LogP) is 3.75. The second-order valence-corrected chi connectivity index (χ2v) is 8.91. The largest absolute Gasteiger partial charge is 0.444 e. The summed E-state index contributed by atoms with van der Waals surface area (Å²) in [5.41, 5.74) is 0.494. The number of benzene rings is 1. The Bertz CT molecular complexity index is 642. The van der Waals surface area contributed by atoms with Crippen molar-refractivity contribution in [2.75, 3.05) is 26.8 Å². The van der Waals surface area contributed by atoms with Gasteiger partial charge in [-0.1, -0.05) is 30.3 Å². The van der Waals surface area contributed by atoms with E-state index in [1.165, 1.54) is 5.56 Å². The van der Waals surface area contributed by atoms with Crippen LogP contribution >= 0.6 is 0 Å². The molecule has 1 aromatic rings. The second kappa shape index (κ2) is 6.86. The third kappa shape index (κ3) is 3.47. The van der Waals surface area contributed by atoms with Gasteiger partial charge in [0.25, 0.3) is 0 Å². The van der Waals surface area contributed by atoms with E-state index in [1.54, 1.807) is 7.11 Å². The van der Waals surface area contributed by atoms with Gasteiger partial charge in [-0.2, -0.15) is 0 Å². The molecule has 1 aromatic carbocycles. The number of hydrogen-bond acceptors (Lipinski definition) is 4. The van der Waals surface area contributed by atoms with Gasteiger partial charge < -0.3 is 14.8 Å². The van der Waals surface area contributed by atoms with Crippen LogP contribution in [0.2, 0.25) is 0 Å². The maximum absolute atomic E-state index is 12.5. The van der Waals surface area contributed by atoms with Crippen molar-refractivity contribution in [2.24, 2.45) is 5.41 Å². The molecule has 0 bridgehead atoms. The summed E-state index contributed by atoms with van der Waals surface area (Å²) in [7, 11) is 1.74. The summed E-state index contributed by atoms with van der Waals surface area (Å²) >= 11 is 0. The summed E-state index contributed by atoms with van der Waals surface area (Å²) in [6, 6.07) is 10.8. The number of likely N-dealkylation sites (tertiary alicyclic amines) is 1. The molecule has 1 saturated heterocycles. The van der Waals surface area contributed by atoms with Crippen LogP contribution in [0.5, 0.6) is 0 Å². The highest BCUT2D eigenvalue weighted by molar-refractivity contribution is 5.69. The van der Waals surface area contributed by atoms with E-state index in [1.807, 2.05) is 26.8 Å². The van der Waals surface area contributed by atoms with Gasteiger partial charge >= 0.3 is 6.09 Å². The first-order chi connectivity index (χ1) is 12.2. The van der Waals surface area contributed by atoms with Gasteiger partial charge in [-0.25, -0.2) is 4.79 Å². The Hall–Kier alpha value is -1.59. The first-order valence-electron chi connectivity index (χ1n) is 9.49. The van der Waals surface area contributed by atoms with E-state index in [9.17, 15) is 4.79 Å². The van der Waals surface area contributed by atoms with Crippen molar-refractivity contribution >= 4 is 6.09 Å². The van der Waals surface area contributed by atoms with Crippen molar-refractivity contribution in [1.82, 2.24) is 10.2 Å². The average Bonchev–Trinajstić information content (AvgIpc) is 2.76. The topological polar surface area (TPSA) is 50.8 Å². The van der Waals surface area contributed by atoms with E-state index in [-0.39, 0.29) is 17.0 Å². The van der Waals surface area contributed by atoms with Gasteiger partial charge in [0.2, 0.25) is 0 Å². The molecule has 3 atom stereocenters. The molecule has 1 heterocycles. The number of fused-ring (bicyclic) bond motifs is 1. The van der Waals surface area contributed by atoms with Crippen LogP contribution in [0.25, 0.3) is 0 Å². The van der Waals surface area contributed by atoms with E-state index in [0.717, 1.165) is 25.9 Å². The normalized spacial score (nSPS) is 29.6. The molecule has 0 aromatic heterocycles. The molecule has 1 aliphatic carbocycles. The van der Waals surface area contributed by atoms with Gasteiger partial charge in [-0.05, 0) is 46.1 Å². The molecule has 0 spiro atoms. The van der Waals surface area contributed by atoms with Crippen LogP contribution in [-0.2, 0) is 9.47 Å². The maximum atomic E-state index is 12.5. The van der Waals surface area contributed by atoms with Crippen LogP contribution in [0.4, 0.5) is 4.79 Å². The second-order valence-electron chi connectivity index (χ2n) is 8.91. The summed E-state index contributed by atoms with van der Waals surface area (Å²) in [6.45, 7) is 10.3. The molecular weight excluding hydrogens is 328 g/mol. The number of methoxy groups -OCH3 is 1. The van der Waals surface area contributed by atoms with Gasteiger partial charge in [-0.15, -0.1) is 0 Å². The summed E-state index contributed by atoms with van der Waals surface area (Å²) in [4.78, 5) is 15.0. The predicted molar refractivity (Wildman–Crippen MR) is 102 cm³/mol. The standard InChI is InChI=1S/C21H32N2O3/c1-16(17-9-7-6-8-10-17)23-13-20(15-25-5)11-12-21(20,14-23)22-18(24)26-19(2,3)4/h6-10,16H,11-15H2,1-5H3,(H,22,24)/t16-,20-,21-/m1/s1. The average molecular weight is 360 g/mol. The minimum atomic E-state index is -0.496. The molecule has 5 nitrogen and oxygen atoms in total. The van der Waals surface area contributed by atoms with Crippen molar-refractivity contribution in [3.05, 3.63) is 35.9 Å². The lowest BCUT2D eigenvalue weighted by Crippen LogP contribution is -2.68. The molecule has 1 N–H and O–H groups in total. The molecule has 1 amide bonds. The van der Waals surface area contributed by atoms with Gasteiger partial charge in [-0.3, -0.25) is 4.90 Å². The molecular formula is C21H32N2O3. The van der Waals surface area contributed by atoms with Crippen molar-refractivity contribution in [3.8, 4) is 0 Å². The third-order valence-corrected chi connectivity index (χ3v) is 6.01. The van der Waals surface area contributed by atoms with Crippen LogP contribution < -0.4 is 5.32 Å². The molecule has 144 valence electrons. The highest BCUT2D eigenvalue weighted by Gasteiger charge is 2.65. The lowest BCUT2D eigenvalue weighted by molar-refractivity contribution is -0.0511.